The average molecular weight is 240 g/mol. The van der Waals surface area contributed by atoms with Crippen LogP contribution in [-0.2, 0) is 6.42 Å². The lowest BCUT2D eigenvalue weighted by molar-refractivity contribution is 0.684. The highest BCUT2D eigenvalue weighted by molar-refractivity contribution is 9.10. The molecular formula is C12H16Br. The van der Waals surface area contributed by atoms with Crippen LogP contribution in [0.15, 0.2) is 30.3 Å². The van der Waals surface area contributed by atoms with E-state index in [1.54, 1.807) is 0 Å². The molecule has 1 radical (unpaired) electrons. The third kappa shape index (κ3) is 5.09. The third-order valence-corrected chi connectivity index (χ3v) is 2.58. The molecule has 0 nitrogen and oxygen atoms in total. The Bertz CT molecular complexity index is 206. The van der Waals surface area contributed by atoms with Crippen LogP contribution in [-0.4, -0.2) is 0 Å². The van der Waals surface area contributed by atoms with Crippen LogP contribution in [0.3, 0.4) is 0 Å². The molecule has 0 aliphatic rings. The first kappa shape index (κ1) is 10.8. The first-order chi connectivity index (χ1) is 6.43. The second kappa shape index (κ2) is 7.14. The fourth-order valence-electron chi connectivity index (χ4n) is 1.37. The maximum absolute atomic E-state index is 3.32. The maximum Gasteiger partial charge on any atom is 0.0271 e. The van der Waals surface area contributed by atoms with Gasteiger partial charge in [0.15, 0.2) is 0 Å². The van der Waals surface area contributed by atoms with Crippen molar-refractivity contribution in [2.24, 2.45) is 0 Å². The summed E-state index contributed by atoms with van der Waals surface area (Å²) in [6.45, 7) is 0. The Morgan fingerprint density at radius 3 is 2.46 bits per heavy atom. The van der Waals surface area contributed by atoms with Gasteiger partial charge in [-0.15, -0.1) is 0 Å². The van der Waals surface area contributed by atoms with Crippen molar-refractivity contribution in [1.29, 1.82) is 0 Å². The molecule has 0 amide bonds. The van der Waals surface area contributed by atoms with Gasteiger partial charge in [-0.05, 0) is 24.8 Å². The molecule has 13 heavy (non-hydrogen) atoms. The molecule has 0 bridgehead atoms. The van der Waals surface area contributed by atoms with Crippen molar-refractivity contribution in [3.63, 3.8) is 0 Å². The molecule has 0 atom stereocenters. The van der Waals surface area contributed by atoms with Crippen molar-refractivity contribution >= 4 is 15.9 Å². The molecule has 0 fully saturated rings. The van der Waals surface area contributed by atoms with E-state index in [4.69, 9.17) is 0 Å². The van der Waals surface area contributed by atoms with Crippen molar-refractivity contribution in [2.75, 3.05) is 0 Å². The van der Waals surface area contributed by atoms with Crippen molar-refractivity contribution < 1.29 is 0 Å². The largest absolute Gasteiger partial charge is 0.0879 e. The standard InChI is InChI=1S/C12H16Br/c13-11-7-2-1-4-8-12-9-5-3-6-10-12/h3,5-6,9-11H,1-2,4,7-8H2. The van der Waals surface area contributed by atoms with Gasteiger partial charge in [-0.3, -0.25) is 0 Å². The molecule has 0 saturated carbocycles. The highest BCUT2D eigenvalue weighted by atomic mass is 79.9. The zero-order valence-corrected chi connectivity index (χ0v) is 9.46. The summed E-state index contributed by atoms with van der Waals surface area (Å²) >= 11 is 3.32. The Hall–Kier alpha value is -0.300. The number of rotatable bonds is 6. The Labute approximate surface area is 89.5 Å². The van der Waals surface area contributed by atoms with Gasteiger partial charge in [0.1, 0.15) is 0 Å². The van der Waals surface area contributed by atoms with E-state index >= 15 is 0 Å². The van der Waals surface area contributed by atoms with Gasteiger partial charge in [0.2, 0.25) is 0 Å². The first-order valence-corrected chi connectivity index (χ1v) is 5.81. The molecule has 1 aromatic carbocycles. The van der Waals surface area contributed by atoms with Gasteiger partial charge in [-0.2, -0.15) is 0 Å². The number of hydrogen-bond donors (Lipinski definition) is 0. The molecule has 71 valence electrons. The Morgan fingerprint density at radius 1 is 1.00 bits per heavy atom. The Kier molecular flexibility index (Phi) is 5.92. The topological polar surface area (TPSA) is 0 Å². The van der Waals surface area contributed by atoms with Gasteiger partial charge in [-0.25, -0.2) is 0 Å². The van der Waals surface area contributed by atoms with Crippen molar-refractivity contribution in [1.82, 2.24) is 0 Å². The summed E-state index contributed by atoms with van der Waals surface area (Å²) in [6.07, 6.45) is 6.36. The molecule has 1 aromatic rings. The van der Waals surface area contributed by atoms with Crippen molar-refractivity contribution in [3.05, 3.63) is 41.2 Å². The molecule has 0 aliphatic carbocycles. The minimum absolute atomic E-state index is 1.19. The molecule has 0 aliphatic heterocycles. The van der Waals surface area contributed by atoms with E-state index in [1.807, 2.05) is 0 Å². The smallest absolute Gasteiger partial charge is 0.0271 e. The second-order valence-corrected chi connectivity index (χ2v) is 3.89. The summed E-state index contributed by atoms with van der Waals surface area (Å²) in [7, 11) is 0. The van der Waals surface area contributed by atoms with Gasteiger partial charge < -0.3 is 0 Å². The lowest BCUT2D eigenvalue weighted by atomic mass is 10.1. The van der Waals surface area contributed by atoms with Crippen molar-refractivity contribution in [3.8, 4) is 0 Å². The van der Waals surface area contributed by atoms with Gasteiger partial charge in [0.25, 0.3) is 0 Å². The summed E-state index contributed by atoms with van der Waals surface area (Å²) in [4.78, 5) is 0. The van der Waals surface area contributed by atoms with E-state index in [0.29, 0.717) is 0 Å². The van der Waals surface area contributed by atoms with Crippen LogP contribution < -0.4 is 0 Å². The van der Waals surface area contributed by atoms with Crippen LogP contribution in [0.2, 0.25) is 0 Å². The molecule has 0 unspecified atom stereocenters. The van der Waals surface area contributed by atoms with Gasteiger partial charge in [0.05, 0.1) is 0 Å². The molecule has 0 aromatic heterocycles. The molecule has 0 spiro atoms. The zero-order chi connectivity index (χ0) is 9.36. The van der Waals surface area contributed by atoms with Gasteiger partial charge in [0, 0.05) is 5.33 Å². The lowest BCUT2D eigenvalue weighted by Crippen LogP contribution is -1.84. The molecule has 1 rings (SSSR count). The monoisotopic (exact) mass is 239 g/mol. The summed E-state index contributed by atoms with van der Waals surface area (Å²) in [5, 5.41) is 2.06. The number of unbranched alkanes of at least 4 members (excludes halogenated alkanes) is 3. The highest BCUT2D eigenvalue weighted by Gasteiger charge is 1.91. The van der Waals surface area contributed by atoms with Crippen LogP contribution in [0.1, 0.15) is 31.2 Å². The van der Waals surface area contributed by atoms with Crippen LogP contribution in [0.25, 0.3) is 0 Å². The highest BCUT2D eigenvalue weighted by Crippen LogP contribution is 2.09. The fraction of sp³-hybridized carbons (Fsp3) is 0.417. The van der Waals surface area contributed by atoms with Crippen LogP contribution in [0, 0.1) is 5.33 Å². The molecule has 0 saturated heterocycles. The third-order valence-electron chi connectivity index (χ3n) is 2.12. The van der Waals surface area contributed by atoms with Gasteiger partial charge in [-0.1, -0.05) is 59.1 Å². The SMILES string of the molecule is Br[CH]CCCCCc1ccccc1. The minimum Gasteiger partial charge on any atom is -0.0879 e. The molecular weight excluding hydrogens is 224 g/mol. The van der Waals surface area contributed by atoms with Gasteiger partial charge >= 0.3 is 0 Å². The summed E-state index contributed by atoms with van der Waals surface area (Å²) in [6, 6.07) is 10.7. The van der Waals surface area contributed by atoms with E-state index in [2.05, 4.69) is 51.6 Å². The fourth-order valence-corrected chi connectivity index (χ4v) is 1.70. The first-order valence-electron chi connectivity index (χ1n) is 4.89. The van der Waals surface area contributed by atoms with E-state index in [0.717, 1.165) is 0 Å². The van der Waals surface area contributed by atoms with Crippen LogP contribution in [0.5, 0.6) is 0 Å². The summed E-state index contributed by atoms with van der Waals surface area (Å²) in [5.74, 6) is 0. The van der Waals surface area contributed by atoms with Crippen molar-refractivity contribution in [2.45, 2.75) is 32.1 Å². The van der Waals surface area contributed by atoms with E-state index in [-0.39, 0.29) is 0 Å². The molecule has 0 N–H and O–H groups in total. The molecule has 0 heterocycles. The predicted molar refractivity (Wildman–Crippen MR) is 61.8 cm³/mol. The normalized spacial score (nSPS) is 10.2. The predicted octanol–water partition coefficient (Wildman–Crippen LogP) is 4.35. The molecule has 1 heteroatoms. The quantitative estimate of drug-likeness (QED) is 0.648. The van der Waals surface area contributed by atoms with Crippen LogP contribution >= 0.6 is 15.9 Å². The van der Waals surface area contributed by atoms with E-state index in [9.17, 15) is 0 Å². The average Bonchev–Trinajstić information content (AvgIpc) is 2.19. The maximum atomic E-state index is 3.32. The second-order valence-electron chi connectivity index (χ2n) is 3.24. The van der Waals surface area contributed by atoms with Crippen LogP contribution in [0.4, 0.5) is 0 Å². The van der Waals surface area contributed by atoms with E-state index < -0.39 is 0 Å². The Morgan fingerprint density at radius 2 is 1.77 bits per heavy atom. The lowest BCUT2D eigenvalue weighted by Gasteiger charge is -2.00. The number of benzene rings is 1. The Balaban J connectivity index is 2.07. The summed E-state index contributed by atoms with van der Waals surface area (Å²) < 4.78 is 0. The number of aryl methyl sites for hydroxylation is 1. The van der Waals surface area contributed by atoms with E-state index in [1.165, 1.54) is 37.7 Å². The minimum atomic E-state index is 1.19. The summed E-state index contributed by atoms with van der Waals surface area (Å²) in [5.41, 5.74) is 1.46. The zero-order valence-electron chi connectivity index (χ0n) is 7.88. The number of halogens is 1. The number of hydrogen-bond acceptors (Lipinski definition) is 0.